The summed E-state index contributed by atoms with van der Waals surface area (Å²) in [5.74, 6) is -0.392. The van der Waals surface area contributed by atoms with Crippen LogP contribution < -0.4 is 10.1 Å². The van der Waals surface area contributed by atoms with Gasteiger partial charge in [0.1, 0.15) is 11.8 Å². The molecule has 1 saturated heterocycles. The zero-order valence-electron chi connectivity index (χ0n) is 17.7. The minimum Gasteiger partial charge on any atom is -0.406 e. The lowest BCUT2D eigenvalue weighted by Gasteiger charge is -2.35. The van der Waals surface area contributed by atoms with Crippen molar-refractivity contribution in [1.29, 1.82) is 0 Å². The average molecular weight is 444 g/mol. The zero-order chi connectivity index (χ0) is 22.9. The van der Waals surface area contributed by atoms with Crippen LogP contribution in [0.2, 0.25) is 0 Å². The number of aromatic nitrogens is 2. The van der Waals surface area contributed by atoms with Crippen molar-refractivity contribution in [3.05, 3.63) is 77.1 Å². The highest BCUT2D eigenvalue weighted by molar-refractivity contribution is 5.84. The van der Waals surface area contributed by atoms with E-state index < -0.39 is 12.4 Å². The summed E-state index contributed by atoms with van der Waals surface area (Å²) < 4.78 is 43.0. The normalized spacial score (nSPS) is 17.3. The van der Waals surface area contributed by atoms with Crippen molar-refractivity contribution in [2.45, 2.75) is 32.8 Å². The molecule has 168 valence electrons. The number of piperazine rings is 1. The molecule has 1 aliphatic heterocycles. The van der Waals surface area contributed by atoms with Gasteiger partial charge >= 0.3 is 6.36 Å². The predicted molar refractivity (Wildman–Crippen MR) is 112 cm³/mol. The van der Waals surface area contributed by atoms with Crippen molar-refractivity contribution in [2.24, 2.45) is 0 Å². The zero-order valence-corrected chi connectivity index (χ0v) is 17.7. The van der Waals surface area contributed by atoms with E-state index in [4.69, 9.17) is 0 Å². The van der Waals surface area contributed by atoms with Crippen LogP contribution in [0.5, 0.6) is 5.75 Å². The lowest BCUT2D eigenvalue weighted by Crippen LogP contribution is -2.49. The second-order valence-corrected chi connectivity index (χ2v) is 7.69. The van der Waals surface area contributed by atoms with Gasteiger partial charge in [0.2, 0.25) is 5.91 Å². The predicted octanol–water partition coefficient (Wildman–Crippen LogP) is 4.06. The van der Waals surface area contributed by atoms with Crippen LogP contribution in [0.1, 0.15) is 28.6 Å². The summed E-state index contributed by atoms with van der Waals surface area (Å²) in [7, 11) is 0. The summed E-state index contributed by atoms with van der Waals surface area (Å²) in [5.41, 5.74) is 4.15. The number of halogens is 3. The quantitative estimate of drug-likeness (QED) is 0.645. The smallest absolute Gasteiger partial charge is 0.406 e. The van der Waals surface area contributed by atoms with Gasteiger partial charge in [-0.25, -0.2) is 4.68 Å². The number of rotatable bonds is 5. The van der Waals surface area contributed by atoms with Gasteiger partial charge in [-0.05, 0) is 43.7 Å². The van der Waals surface area contributed by atoms with Crippen molar-refractivity contribution < 1.29 is 22.7 Å². The number of nitrogens with zero attached hydrogens (tertiary/aromatic N) is 3. The van der Waals surface area contributed by atoms with Crippen LogP contribution in [0, 0.1) is 13.8 Å². The maximum atomic E-state index is 12.9. The van der Waals surface area contributed by atoms with E-state index in [1.165, 1.54) is 12.1 Å². The number of hydrogen-bond donors (Lipinski definition) is 1. The first-order valence-corrected chi connectivity index (χ1v) is 10.2. The maximum absolute atomic E-state index is 12.9. The molecule has 0 spiro atoms. The number of para-hydroxylation sites is 1. The van der Waals surface area contributed by atoms with Crippen molar-refractivity contribution in [3.8, 4) is 11.4 Å². The van der Waals surface area contributed by atoms with E-state index in [-0.39, 0.29) is 11.7 Å². The fourth-order valence-electron chi connectivity index (χ4n) is 4.10. The molecule has 0 bridgehead atoms. The molecule has 1 unspecified atom stereocenters. The molecule has 0 aliphatic carbocycles. The Labute approximate surface area is 183 Å². The Morgan fingerprint density at radius 1 is 1.09 bits per heavy atom. The standard InChI is InChI=1S/C23H23F3N4O2/c1-15-20(16(2)30(28-15)18-6-4-3-5-7-18)21-22(31)27-12-13-29(21)14-17-8-10-19(11-9-17)32-23(24,25)26/h3-11,21H,12-14H2,1-2H3,(H,27,31). The van der Waals surface area contributed by atoms with Crippen LogP contribution in [0.3, 0.4) is 0 Å². The number of aryl methyl sites for hydroxylation is 1. The number of carbonyl (C=O) groups is 1. The number of hydrogen-bond acceptors (Lipinski definition) is 4. The first kappa shape index (κ1) is 21.9. The molecule has 1 fully saturated rings. The van der Waals surface area contributed by atoms with Gasteiger partial charge in [0.15, 0.2) is 0 Å². The Hall–Kier alpha value is -3.33. The van der Waals surface area contributed by atoms with Gasteiger partial charge in [-0.2, -0.15) is 5.10 Å². The molecule has 9 heteroatoms. The van der Waals surface area contributed by atoms with Crippen LogP contribution in [-0.2, 0) is 11.3 Å². The molecule has 1 amide bonds. The summed E-state index contributed by atoms with van der Waals surface area (Å²) in [6.45, 7) is 5.32. The second-order valence-electron chi connectivity index (χ2n) is 7.69. The van der Waals surface area contributed by atoms with Gasteiger partial charge in [-0.3, -0.25) is 9.69 Å². The lowest BCUT2D eigenvalue weighted by atomic mass is 9.99. The molecule has 2 heterocycles. The number of amides is 1. The monoisotopic (exact) mass is 444 g/mol. The van der Waals surface area contributed by atoms with Crippen molar-refractivity contribution in [3.63, 3.8) is 0 Å². The summed E-state index contributed by atoms with van der Waals surface area (Å²) in [6, 6.07) is 14.9. The highest BCUT2D eigenvalue weighted by atomic mass is 19.4. The fraction of sp³-hybridized carbons (Fsp3) is 0.304. The van der Waals surface area contributed by atoms with Gasteiger partial charge in [-0.15, -0.1) is 13.2 Å². The van der Waals surface area contributed by atoms with Crippen LogP contribution in [0.25, 0.3) is 5.69 Å². The van der Waals surface area contributed by atoms with Gasteiger partial charge in [-0.1, -0.05) is 30.3 Å². The third-order valence-electron chi connectivity index (χ3n) is 5.48. The topological polar surface area (TPSA) is 59.4 Å². The SMILES string of the molecule is Cc1nn(-c2ccccc2)c(C)c1C1C(=O)NCCN1Cc1ccc(OC(F)(F)F)cc1. The van der Waals surface area contributed by atoms with Gasteiger partial charge < -0.3 is 10.1 Å². The average Bonchev–Trinajstić information content (AvgIpc) is 3.03. The van der Waals surface area contributed by atoms with Crippen LogP contribution in [0.15, 0.2) is 54.6 Å². The molecule has 1 aliphatic rings. The Morgan fingerprint density at radius 3 is 2.44 bits per heavy atom. The van der Waals surface area contributed by atoms with Crippen molar-refractivity contribution in [1.82, 2.24) is 20.0 Å². The van der Waals surface area contributed by atoms with E-state index in [1.807, 2.05) is 53.8 Å². The molecule has 2 aromatic carbocycles. The molecule has 1 atom stereocenters. The van der Waals surface area contributed by atoms with E-state index in [9.17, 15) is 18.0 Å². The minimum absolute atomic E-state index is 0.118. The number of nitrogens with one attached hydrogen (secondary N) is 1. The Kier molecular flexibility index (Phi) is 5.92. The van der Waals surface area contributed by atoms with E-state index in [0.717, 1.165) is 28.2 Å². The summed E-state index contributed by atoms with van der Waals surface area (Å²) >= 11 is 0. The third-order valence-corrected chi connectivity index (χ3v) is 5.48. The molecule has 3 aromatic rings. The summed E-state index contributed by atoms with van der Waals surface area (Å²) in [6.07, 6.45) is -4.73. The molecule has 32 heavy (non-hydrogen) atoms. The summed E-state index contributed by atoms with van der Waals surface area (Å²) in [4.78, 5) is 14.9. The molecule has 4 rings (SSSR count). The maximum Gasteiger partial charge on any atom is 0.573 e. The number of carbonyl (C=O) groups excluding carboxylic acids is 1. The molecular formula is C23H23F3N4O2. The van der Waals surface area contributed by atoms with E-state index >= 15 is 0 Å². The number of ether oxygens (including phenoxy) is 1. The molecular weight excluding hydrogens is 421 g/mol. The van der Waals surface area contributed by atoms with E-state index in [2.05, 4.69) is 15.2 Å². The Morgan fingerprint density at radius 2 is 1.78 bits per heavy atom. The largest absolute Gasteiger partial charge is 0.573 e. The Bertz CT molecular complexity index is 1090. The molecule has 1 aromatic heterocycles. The van der Waals surface area contributed by atoms with Crippen molar-refractivity contribution >= 4 is 5.91 Å². The highest BCUT2D eigenvalue weighted by Gasteiger charge is 2.35. The first-order chi connectivity index (χ1) is 15.2. The van der Waals surface area contributed by atoms with Gasteiger partial charge in [0.25, 0.3) is 0 Å². The van der Waals surface area contributed by atoms with Crippen LogP contribution >= 0.6 is 0 Å². The Balaban J connectivity index is 1.62. The molecule has 0 saturated carbocycles. The number of alkyl halides is 3. The molecule has 0 radical (unpaired) electrons. The summed E-state index contributed by atoms with van der Waals surface area (Å²) in [5, 5.41) is 7.59. The van der Waals surface area contributed by atoms with Gasteiger partial charge in [0, 0.05) is 30.9 Å². The molecule has 1 N–H and O–H groups in total. The lowest BCUT2D eigenvalue weighted by molar-refractivity contribution is -0.274. The van der Waals surface area contributed by atoms with E-state index in [1.54, 1.807) is 12.1 Å². The van der Waals surface area contributed by atoms with E-state index in [0.29, 0.717) is 19.6 Å². The van der Waals surface area contributed by atoms with Crippen LogP contribution in [-0.4, -0.2) is 40.0 Å². The second kappa shape index (κ2) is 8.66. The van der Waals surface area contributed by atoms with Gasteiger partial charge in [0.05, 0.1) is 11.4 Å². The van der Waals surface area contributed by atoms with Crippen LogP contribution in [0.4, 0.5) is 13.2 Å². The first-order valence-electron chi connectivity index (χ1n) is 10.2. The molecule has 6 nitrogen and oxygen atoms in total. The van der Waals surface area contributed by atoms with Crippen molar-refractivity contribution in [2.75, 3.05) is 13.1 Å². The highest BCUT2D eigenvalue weighted by Crippen LogP contribution is 2.32. The fourth-order valence-corrected chi connectivity index (χ4v) is 4.10. The third kappa shape index (κ3) is 4.62. The number of benzene rings is 2. The minimum atomic E-state index is -4.73.